The number of rotatable bonds is 6. The zero-order chi connectivity index (χ0) is 13.8. The van der Waals surface area contributed by atoms with E-state index < -0.39 is 0 Å². The number of benzene rings is 1. The molecule has 0 aliphatic carbocycles. The van der Waals surface area contributed by atoms with Gasteiger partial charge < -0.3 is 15.2 Å². The molecule has 100 valence electrons. The molecule has 0 saturated carbocycles. The van der Waals surface area contributed by atoms with Crippen molar-refractivity contribution in [3.05, 3.63) is 29.3 Å². The highest BCUT2D eigenvalue weighted by Gasteiger charge is 2.15. The Hall–Kier alpha value is -1.13. The van der Waals surface area contributed by atoms with Crippen LogP contribution in [0.4, 0.5) is 0 Å². The average molecular weight is 267 g/mol. The van der Waals surface area contributed by atoms with Crippen LogP contribution in [0.2, 0.25) is 0 Å². The van der Waals surface area contributed by atoms with Crippen LogP contribution in [0.25, 0.3) is 0 Å². The minimum atomic E-state index is -0.116. The molecule has 0 fully saturated rings. The molecule has 0 aliphatic rings. The lowest BCUT2D eigenvalue weighted by Crippen LogP contribution is -2.22. The highest BCUT2D eigenvalue weighted by Crippen LogP contribution is 2.22. The fourth-order valence-corrected chi connectivity index (χ4v) is 1.58. The molecule has 2 N–H and O–H groups in total. The van der Waals surface area contributed by atoms with Gasteiger partial charge in [0.25, 0.3) is 0 Å². The molecule has 0 aliphatic heterocycles. The number of ether oxygens (including phenoxy) is 2. The van der Waals surface area contributed by atoms with Crippen molar-refractivity contribution >= 4 is 17.2 Å². The second kappa shape index (κ2) is 6.16. The number of nitrogens with two attached hydrogens (primary N) is 1. The third kappa shape index (κ3) is 3.96. The summed E-state index contributed by atoms with van der Waals surface area (Å²) in [6.45, 7) is 6.81. The van der Waals surface area contributed by atoms with E-state index in [4.69, 9.17) is 27.4 Å². The largest absolute Gasteiger partial charge is 0.496 e. The van der Waals surface area contributed by atoms with Crippen LogP contribution in [0.3, 0.4) is 0 Å². The molecule has 3 nitrogen and oxygen atoms in total. The maximum absolute atomic E-state index is 5.84. The lowest BCUT2D eigenvalue weighted by Gasteiger charge is -2.23. The van der Waals surface area contributed by atoms with Crippen molar-refractivity contribution < 1.29 is 9.47 Å². The van der Waals surface area contributed by atoms with Crippen molar-refractivity contribution in [1.29, 1.82) is 0 Å². The van der Waals surface area contributed by atoms with Crippen molar-refractivity contribution in [3.63, 3.8) is 0 Å². The summed E-state index contributed by atoms with van der Waals surface area (Å²) in [5, 5.41) is 0. The van der Waals surface area contributed by atoms with E-state index in [0.29, 0.717) is 17.3 Å². The molecule has 0 radical (unpaired) electrons. The van der Waals surface area contributed by atoms with E-state index in [2.05, 4.69) is 20.8 Å². The third-order valence-corrected chi connectivity index (χ3v) is 3.23. The summed E-state index contributed by atoms with van der Waals surface area (Å²) in [7, 11) is 1.61. The molecule has 0 heterocycles. The Morgan fingerprint density at radius 2 is 2.06 bits per heavy atom. The van der Waals surface area contributed by atoms with Crippen LogP contribution in [0.5, 0.6) is 5.75 Å². The lowest BCUT2D eigenvalue weighted by atomic mass is 10.1. The molecule has 0 unspecified atom stereocenters. The molecule has 0 saturated heterocycles. The highest BCUT2D eigenvalue weighted by atomic mass is 32.1. The topological polar surface area (TPSA) is 44.5 Å². The Bertz CT molecular complexity index is 430. The fraction of sp³-hybridized carbons (Fsp3) is 0.500. The summed E-state index contributed by atoms with van der Waals surface area (Å²) in [5.74, 6) is 0.693. The van der Waals surface area contributed by atoms with E-state index in [0.717, 1.165) is 17.5 Å². The van der Waals surface area contributed by atoms with Gasteiger partial charge in [0, 0.05) is 0 Å². The van der Waals surface area contributed by atoms with Crippen LogP contribution >= 0.6 is 12.2 Å². The van der Waals surface area contributed by atoms with Gasteiger partial charge >= 0.3 is 0 Å². The van der Waals surface area contributed by atoms with Gasteiger partial charge in [0.2, 0.25) is 0 Å². The molecule has 0 bridgehead atoms. The highest BCUT2D eigenvalue weighted by molar-refractivity contribution is 7.80. The van der Waals surface area contributed by atoms with Gasteiger partial charge in [-0.3, -0.25) is 0 Å². The monoisotopic (exact) mass is 267 g/mol. The molecule has 0 atom stereocenters. The second-order valence-corrected chi connectivity index (χ2v) is 5.24. The summed E-state index contributed by atoms with van der Waals surface area (Å²) >= 11 is 4.97. The van der Waals surface area contributed by atoms with Gasteiger partial charge in [0.1, 0.15) is 10.7 Å². The van der Waals surface area contributed by atoms with Crippen molar-refractivity contribution in [3.8, 4) is 5.75 Å². The molecular formula is C14H21NO2S. The van der Waals surface area contributed by atoms with E-state index in [1.165, 1.54) is 0 Å². The zero-order valence-corrected chi connectivity index (χ0v) is 12.3. The van der Waals surface area contributed by atoms with Crippen LogP contribution in [-0.2, 0) is 11.3 Å². The molecular weight excluding hydrogens is 246 g/mol. The zero-order valence-electron chi connectivity index (χ0n) is 11.4. The minimum absolute atomic E-state index is 0.116. The SMILES string of the molecule is CCC(C)(C)OCc1ccc(C(N)=S)c(OC)c1. The summed E-state index contributed by atoms with van der Waals surface area (Å²) < 4.78 is 11.1. The first-order valence-corrected chi connectivity index (χ1v) is 6.41. The van der Waals surface area contributed by atoms with Crippen LogP contribution in [0.1, 0.15) is 38.3 Å². The van der Waals surface area contributed by atoms with E-state index >= 15 is 0 Å². The summed E-state index contributed by atoms with van der Waals surface area (Å²) in [4.78, 5) is 0.341. The maximum Gasteiger partial charge on any atom is 0.129 e. The van der Waals surface area contributed by atoms with Gasteiger partial charge in [-0.15, -0.1) is 0 Å². The predicted molar refractivity (Wildman–Crippen MR) is 78.0 cm³/mol. The Labute approximate surface area is 114 Å². The Balaban J connectivity index is 2.83. The van der Waals surface area contributed by atoms with Gasteiger partial charge in [0.15, 0.2) is 0 Å². The van der Waals surface area contributed by atoms with Crippen LogP contribution < -0.4 is 10.5 Å². The van der Waals surface area contributed by atoms with Crippen molar-refractivity contribution in [2.45, 2.75) is 39.4 Å². The molecule has 4 heteroatoms. The van der Waals surface area contributed by atoms with Crippen molar-refractivity contribution in [2.75, 3.05) is 7.11 Å². The van der Waals surface area contributed by atoms with Crippen molar-refractivity contribution in [2.24, 2.45) is 5.73 Å². The third-order valence-electron chi connectivity index (χ3n) is 3.01. The number of thiocarbonyl (C=S) groups is 1. The summed E-state index contributed by atoms with van der Waals surface area (Å²) in [5.41, 5.74) is 7.31. The quantitative estimate of drug-likeness (QED) is 0.805. The average Bonchev–Trinajstić information content (AvgIpc) is 2.36. The molecule has 18 heavy (non-hydrogen) atoms. The predicted octanol–water partition coefficient (Wildman–Crippen LogP) is 3.03. The Morgan fingerprint density at radius 3 is 2.56 bits per heavy atom. The van der Waals surface area contributed by atoms with E-state index in [1.54, 1.807) is 7.11 Å². The van der Waals surface area contributed by atoms with E-state index in [1.807, 2.05) is 18.2 Å². The van der Waals surface area contributed by atoms with Crippen LogP contribution in [-0.4, -0.2) is 17.7 Å². The van der Waals surface area contributed by atoms with Crippen LogP contribution in [0.15, 0.2) is 18.2 Å². The first-order chi connectivity index (χ1) is 8.39. The van der Waals surface area contributed by atoms with Gasteiger partial charge in [-0.25, -0.2) is 0 Å². The normalized spacial score (nSPS) is 11.3. The fourth-order valence-electron chi connectivity index (χ4n) is 1.41. The summed E-state index contributed by atoms with van der Waals surface area (Å²) in [6.07, 6.45) is 0.967. The molecule has 0 spiro atoms. The van der Waals surface area contributed by atoms with Gasteiger partial charge in [-0.1, -0.05) is 25.2 Å². The summed E-state index contributed by atoms with van der Waals surface area (Å²) in [6, 6.07) is 5.75. The number of methoxy groups -OCH3 is 1. The molecule has 1 rings (SSSR count). The second-order valence-electron chi connectivity index (χ2n) is 4.80. The van der Waals surface area contributed by atoms with Gasteiger partial charge in [-0.05, 0) is 38.0 Å². The molecule has 1 aromatic carbocycles. The smallest absolute Gasteiger partial charge is 0.129 e. The Morgan fingerprint density at radius 1 is 1.39 bits per heavy atom. The maximum atomic E-state index is 5.84. The number of hydrogen-bond acceptors (Lipinski definition) is 3. The number of hydrogen-bond donors (Lipinski definition) is 1. The van der Waals surface area contributed by atoms with E-state index in [-0.39, 0.29) is 5.60 Å². The van der Waals surface area contributed by atoms with Crippen LogP contribution in [0, 0.1) is 0 Å². The first-order valence-electron chi connectivity index (χ1n) is 6.00. The minimum Gasteiger partial charge on any atom is -0.496 e. The van der Waals surface area contributed by atoms with Crippen molar-refractivity contribution in [1.82, 2.24) is 0 Å². The standard InChI is InChI=1S/C14H21NO2S/c1-5-14(2,3)17-9-10-6-7-11(13(15)18)12(8-10)16-4/h6-8H,5,9H2,1-4H3,(H2,15,18). The lowest BCUT2D eigenvalue weighted by molar-refractivity contribution is -0.0316. The first kappa shape index (κ1) is 14.9. The molecule has 1 aromatic rings. The van der Waals surface area contributed by atoms with Gasteiger partial charge in [0.05, 0.1) is 24.9 Å². The molecule has 0 amide bonds. The molecule has 0 aromatic heterocycles. The van der Waals surface area contributed by atoms with Gasteiger partial charge in [-0.2, -0.15) is 0 Å². The Kier molecular flexibility index (Phi) is 5.11. The van der Waals surface area contributed by atoms with E-state index in [9.17, 15) is 0 Å².